The van der Waals surface area contributed by atoms with Gasteiger partial charge in [0.05, 0.1) is 12.0 Å². The van der Waals surface area contributed by atoms with E-state index in [4.69, 9.17) is 14.2 Å². The SMILES string of the molecule is CCC1(c2ccc3c(c2)OCCO3)CC(=O)N(CCCCOc2c(CCc3ccccc3)cc(C(C)(O)C(F)(F)F)cc2CCc2ccccc2)C1=O. The fourth-order valence-corrected chi connectivity index (χ4v) is 7.22. The summed E-state index contributed by atoms with van der Waals surface area (Å²) in [6, 6.07) is 27.6. The van der Waals surface area contributed by atoms with Crippen molar-refractivity contribution in [1.29, 1.82) is 0 Å². The van der Waals surface area contributed by atoms with Crippen molar-refractivity contribution in [3.63, 3.8) is 0 Å². The Labute approximate surface area is 308 Å². The third-order valence-electron chi connectivity index (χ3n) is 10.5. The molecule has 0 radical (unpaired) electrons. The second-order valence-electron chi connectivity index (χ2n) is 14.0. The van der Waals surface area contributed by atoms with Gasteiger partial charge in [-0.25, -0.2) is 0 Å². The standard InChI is InChI=1S/C43H46F3NO6/c1-3-42(34-20-21-36-37(28-34)52-25-24-51-36)29-38(48)47(40(42)49)22-10-11-23-53-39-32(18-16-30-12-6-4-7-13-30)26-35(41(2,50)43(44,45)46)27-33(39)19-17-31-14-8-5-9-15-31/h4-9,12-15,20-21,26-28,50H,3,10-11,16-19,22-25,29H2,1-2H3. The van der Waals surface area contributed by atoms with Crippen molar-refractivity contribution >= 4 is 11.8 Å². The van der Waals surface area contributed by atoms with Crippen LogP contribution in [0.25, 0.3) is 0 Å². The van der Waals surface area contributed by atoms with E-state index in [-0.39, 0.29) is 37.0 Å². The van der Waals surface area contributed by atoms with Gasteiger partial charge in [0.2, 0.25) is 11.8 Å². The molecule has 1 saturated heterocycles. The summed E-state index contributed by atoms with van der Waals surface area (Å²) in [6.07, 6.45) is -1.46. The molecule has 0 spiro atoms. The Morgan fingerprint density at radius 1 is 0.792 bits per heavy atom. The Balaban J connectivity index is 1.19. The number of rotatable bonds is 15. The first kappa shape index (κ1) is 37.9. The predicted molar refractivity (Wildman–Crippen MR) is 195 cm³/mol. The molecule has 53 heavy (non-hydrogen) atoms. The summed E-state index contributed by atoms with van der Waals surface area (Å²) in [7, 11) is 0. The Hall–Kier alpha value is -4.83. The van der Waals surface area contributed by atoms with Crippen molar-refractivity contribution in [2.75, 3.05) is 26.4 Å². The average molecular weight is 730 g/mol. The van der Waals surface area contributed by atoms with Gasteiger partial charge in [0.1, 0.15) is 19.0 Å². The maximum Gasteiger partial charge on any atom is 0.421 e. The third kappa shape index (κ3) is 8.23. The van der Waals surface area contributed by atoms with Gasteiger partial charge in [-0.05, 0) is 110 Å². The predicted octanol–water partition coefficient (Wildman–Crippen LogP) is 8.06. The first-order valence-electron chi connectivity index (χ1n) is 18.3. The number of fused-ring (bicyclic) bond motifs is 1. The number of benzene rings is 4. The molecule has 2 amide bonds. The molecule has 2 aliphatic rings. The largest absolute Gasteiger partial charge is 0.493 e. The number of nitrogens with zero attached hydrogens (tertiary/aromatic N) is 1. The fraction of sp³-hybridized carbons (Fsp3) is 0.395. The lowest BCUT2D eigenvalue weighted by molar-refractivity contribution is -0.258. The quantitative estimate of drug-likeness (QED) is 0.0985. The van der Waals surface area contributed by atoms with Crippen molar-refractivity contribution in [2.24, 2.45) is 0 Å². The number of imide groups is 1. The number of aliphatic hydroxyl groups is 1. The van der Waals surface area contributed by atoms with Crippen molar-refractivity contribution in [3.8, 4) is 17.2 Å². The van der Waals surface area contributed by atoms with E-state index in [2.05, 4.69) is 0 Å². The number of hydrogen-bond donors (Lipinski definition) is 1. The van der Waals surface area contributed by atoms with E-state index >= 15 is 0 Å². The Morgan fingerprint density at radius 3 is 1.94 bits per heavy atom. The number of carbonyl (C=O) groups is 2. The zero-order valence-corrected chi connectivity index (χ0v) is 30.2. The van der Waals surface area contributed by atoms with Crippen LogP contribution in [0.5, 0.6) is 17.2 Å². The minimum absolute atomic E-state index is 0.0715. The lowest BCUT2D eigenvalue weighted by atomic mass is 9.76. The van der Waals surface area contributed by atoms with E-state index in [9.17, 15) is 27.9 Å². The molecule has 10 heteroatoms. The molecule has 2 aliphatic heterocycles. The van der Waals surface area contributed by atoms with Gasteiger partial charge in [-0.3, -0.25) is 14.5 Å². The molecule has 4 aromatic carbocycles. The fourth-order valence-electron chi connectivity index (χ4n) is 7.22. The smallest absolute Gasteiger partial charge is 0.421 e. The summed E-state index contributed by atoms with van der Waals surface area (Å²) in [5.41, 5.74) is -0.333. The van der Waals surface area contributed by atoms with Crippen LogP contribution in [0.4, 0.5) is 13.2 Å². The van der Waals surface area contributed by atoms with E-state index in [0.717, 1.165) is 23.6 Å². The highest BCUT2D eigenvalue weighted by Gasteiger charge is 2.52. The van der Waals surface area contributed by atoms with Crippen molar-refractivity contribution in [1.82, 2.24) is 4.90 Å². The molecule has 6 rings (SSSR count). The molecule has 2 heterocycles. The van der Waals surface area contributed by atoms with Gasteiger partial charge in [-0.1, -0.05) is 73.7 Å². The van der Waals surface area contributed by atoms with Crippen LogP contribution in [-0.2, 0) is 46.3 Å². The minimum Gasteiger partial charge on any atom is -0.493 e. The molecule has 2 unspecified atom stereocenters. The maximum atomic E-state index is 14.1. The molecule has 0 saturated carbocycles. The molecule has 2 atom stereocenters. The monoisotopic (exact) mass is 729 g/mol. The number of amides is 2. The molecule has 0 bridgehead atoms. The van der Waals surface area contributed by atoms with Gasteiger partial charge in [0.15, 0.2) is 17.1 Å². The van der Waals surface area contributed by atoms with E-state index in [1.807, 2.05) is 79.7 Å². The lowest BCUT2D eigenvalue weighted by Crippen LogP contribution is -2.39. The highest BCUT2D eigenvalue weighted by atomic mass is 19.4. The number of unbranched alkanes of at least 4 members (excludes halogenated alkanes) is 1. The highest BCUT2D eigenvalue weighted by molar-refractivity contribution is 6.09. The minimum atomic E-state index is -4.88. The highest BCUT2D eigenvalue weighted by Crippen LogP contribution is 2.44. The molecule has 1 N–H and O–H groups in total. The Bertz CT molecular complexity index is 1830. The molecule has 1 fully saturated rings. The molecule has 7 nitrogen and oxygen atoms in total. The molecule has 0 aliphatic carbocycles. The van der Waals surface area contributed by atoms with Crippen LogP contribution >= 0.6 is 0 Å². The first-order valence-corrected chi connectivity index (χ1v) is 18.3. The Morgan fingerprint density at radius 2 is 1.38 bits per heavy atom. The molecule has 280 valence electrons. The number of carbonyl (C=O) groups excluding carboxylic acids is 2. The second-order valence-corrected chi connectivity index (χ2v) is 14.0. The van der Waals surface area contributed by atoms with Crippen LogP contribution in [0.3, 0.4) is 0 Å². The summed E-state index contributed by atoms with van der Waals surface area (Å²) < 4.78 is 60.3. The number of alkyl halides is 3. The molecule has 0 aromatic heterocycles. The summed E-state index contributed by atoms with van der Waals surface area (Å²) in [6.45, 7) is 4.01. The summed E-state index contributed by atoms with van der Waals surface area (Å²) in [5, 5.41) is 10.8. The molecular weight excluding hydrogens is 683 g/mol. The van der Waals surface area contributed by atoms with Crippen molar-refractivity contribution < 1.29 is 42.1 Å². The van der Waals surface area contributed by atoms with Crippen LogP contribution in [-0.4, -0.2) is 54.4 Å². The normalized spacial score (nSPS) is 18.3. The topological polar surface area (TPSA) is 85.3 Å². The van der Waals surface area contributed by atoms with E-state index in [0.29, 0.717) is 86.5 Å². The molecule has 4 aromatic rings. The average Bonchev–Trinajstić information content (AvgIpc) is 3.41. The molecular formula is C43H46F3NO6. The Kier molecular flexibility index (Phi) is 11.5. The summed E-state index contributed by atoms with van der Waals surface area (Å²) >= 11 is 0. The number of ether oxygens (including phenoxy) is 3. The zero-order valence-electron chi connectivity index (χ0n) is 30.2. The third-order valence-corrected chi connectivity index (χ3v) is 10.5. The van der Waals surface area contributed by atoms with Gasteiger partial charge < -0.3 is 19.3 Å². The van der Waals surface area contributed by atoms with E-state index in [1.54, 1.807) is 6.07 Å². The number of hydrogen-bond acceptors (Lipinski definition) is 6. The van der Waals surface area contributed by atoms with Crippen LogP contribution < -0.4 is 14.2 Å². The summed E-state index contributed by atoms with van der Waals surface area (Å²) in [4.78, 5) is 28.5. The van der Waals surface area contributed by atoms with Crippen LogP contribution in [0.2, 0.25) is 0 Å². The number of halogens is 3. The first-order chi connectivity index (χ1) is 25.4. The second kappa shape index (κ2) is 16.0. The number of aryl methyl sites for hydroxylation is 4. The van der Waals surface area contributed by atoms with E-state index < -0.39 is 17.2 Å². The van der Waals surface area contributed by atoms with Crippen molar-refractivity contribution in [2.45, 2.75) is 82.4 Å². The summed E-state index contributed by atoms with van der Waals surface area (Å²) in [5.74, 6) is 1.23. The maximum absolute atomic E-state index is 14.1. The van der Waals surface area contributed by atoms with Gasteiger partial charge in [-0.2, -0.15) is 13.2 Å². The van der Waals surface area contributed by atoms with Gasteiger partial charge >= 0.3 is 6.18 Å². The van der Waals surface area contributed by atoms with Crippen molar-refractivity contribution in [3.05, 3.63) is 124 Å². The lowest BCUT2D eigenvalue weighted by Gasteiger charge is -2.29. The van der Waals surface area contributed by atoms with Crippen LogP contribution in [0.1, 0.15) is 72.9 Å². The van der Waals surface area contributed by atoms with E-state index in [1.165, 1.54) is 17.0 Å². The zero-order chi connectivity index (χ0) is 37.6. The van der Waals surface area contributed by atoms with Gasteiger partial charge in [0.25, 0.3) is 0 Å². The van der Waals surface area contributed by atoms with Gasteiger partial charge in [-0.15, -0.1) is 0 Å². The van der Waals surface area contributed by atoms with Gasteiger partial charge in [0, 0.05) is 13.0 Å². The van der Waals surface area contributed by atoms with Crippen LogP contribution in [0, 0.1) is 0 Å². The number of likely N-dealkylation sites (tertiary alicyclic amines) is 1. The van der Waals surface area contributed by atoms with Crippen LogP contribution in [0.15, 0.2) is 91.0 Å².